The van der Waals surface area contributed by atoms with E-state index in [4.69, 9.17) is 4.74 Å². The number of hydrogen-bond acceptors (Lipinski definition) is 5. The number of rotatable bonds is 5. The van der Waals surface area contributed by atoms with Crippen LogP contribution in [0.1, 0.15) is 27.8 Å². The highest BCUT2D eigenvalue weighted by atomic mass is 32.1. The molecule has 5 nitrogen and oxygen atoms in total. The highest BCUT2D eigenvalue weighted by Gasteiger charge is 2.20. The van der Waals surface area contributed by atoms with Gasteiger partial charge in [0.1, 0.15) is 10.7 Å². The monoisotopic (exact) mass is 352 g/mol. The van der Waals surface area contributed by atoms with Crippen molar-refractivity contribution in [2.45, 2.75) is 6.92 Å². The van der Waals surface area contributed by atoms with Crippen molar-refractivity contribution in [2.24, 2.45) is 0 Å². The third-order valence-electron chi connectivity index (χ3n) is 3.41. The molecule has 0 atom stereocenters. The lowest BCUT2D eigenvalue weighted by molar-refractivity contribution is 0.0528. The molecule has 0 aliphatic carbocycles. The van der Waals surface area contributed by atoms with Crippen LogP contribution in [0.25, 0.3) is 10.4 Å². The molecule has 1 N–H and O–H groups in total. The minimum Gasteiger partial charge on any atom is -0.462 e. The van der Waals surface area contributed by atoms with E-state index >= 15 is 0 Å². The number of nitrogens with one attached hydrogen (secondary N) is 1. The molecule has 2 aromatic heterocycles. The number of hydrogen-bond donors (Lipinski definition) is 1. The van der Waals surface area contributed by atoms with Gasteiger partial charge in [-0.25, -0.2) is 4.79 Å². The molecular weight excluding hydrogens is 336 g/mol. The van der Waals surface area contributed by atoms with Gasteiger partial charge >= 0.3 is 5.97 Å². The maximum absolute atomic E-state index is 12.4. The van der Waals surface area contributed by atoms with Crippen molar-refractivity contribution >= 4 is 28.2 Å². The first-order valence-electron chi connectivity index (χ1n) is 7.77. The smallest absolute Gasteiger partial charge is 0.341 e. The van der Waals surface area contributed by atoms with Crippen LogP contribution in [-0.4, -0.2) is 23.5 Å². The zero-order valence-electron chi connectivity index (χ0n) is 13.6. The van der Waals surface area contributed by atoms with Crippen molar-refractivity contribution in [3.8, 4) is 10.4 Å². The van der Waals surface area contributed by atoms with Crippen molar-refractivity contribution in [3.63, 3.8) is 0 Å². The summed E-state index contributed by atoms with van der Waals surface area (Å²) in [6.07, 6.45) is 1.55. The van der Waals surface area contributed by atoms with Gasteiger partial charge in [-0.05, 0) is 30.7 Å². The van der Waals surface area contributed by atoms with Crippen LogP contribution in [0, 0.1) is 0 Å². The highest BCUT2D eigenvalue weighted by molar-refractivity contribution is 7.20. The van der Waals surface area contributed by atoms with Crippen molar-refractivity contribution in [3.05, 3.63) is 72.1 Å². The van der Waals surface area contributed by atoms with E-state index in [-0.39, 0.29) is 18.2 Å². The van der Waals surface area contributed by atoms with Crippen LogP contribution in [0.5, 0.6) is 0 Å². The number of ether oxygens (including phenoxy) is 1. The maximum atomic E-state index is 12.4. The summed E-state index contributed by atoms with van der Waals surface area (Å²) in [6.45, 7) is 2.01. The van der Waals surface area contributed by atoms with Crippen LogP contribution in [0.3, 0.4) is 0 Å². The molecule has 0 bridgehead atoms. The van der Waals surface area contributed by atoms with Gasteiger partial charge in [-0.3, -0.25) is 9.78 Å². The molecule has 0 saturated carbocycles. The first kappa shape index (κ1) is 16.9. The van der Waals surface area contributed by atoms with Crippen LogP contribution in [0.2, 0.25) is 0 Å². The molecule has 0 fully saturated rings. The van der Waals surface area contributed by atoms with Gasteiger partial charge in [0.2, 0.25) is 0 Å². The lowest BCUT2D eigenvalue weighted by atomic mass is 10.1. The average Bonchev–Trinajstić information content (AvgIpc) is 3.07. The molecule has 0 unspecified atom stereocenters. The number of carbonyl (C=O) groups excluding carboxylic acids is 2. The van der Waals surface area contributed by atoms with Crippen LogP contribution in [-0.2, 0) is 4.74 Å². The predicted molar refractivity (Wildman–Crippen MR) is 97.9 cm³/mol. The second-order valence-corrected chi connectivity index (χ2v) is 6.16. The molecule has 0 radical (unpaired) electrons. The Labute approximate surface area is 149 Å². The Balaban J connectivity index is 1.94. The predicted octanol–water partition coefficient (Wildman–Crippen LogP) is 4.24. The molecule has 6 heteroatoms. The number of esters is 1. The minimum absolute atomic E-state index is 0.267. The standard InChI is InChI=1S/C19H16N2O3S/c1-2-24-19(23)14-12-16(13-8-4-3-5-9-13)25-18(14)21-17(22)15-10-6-7-11-20-15/h3-12H,2H2,1H3,(H,21,22). The van der Waals surface area contributed by atoms with Crippen molar-refractivity contribution in [2.75, 3.05) is 11.9 Å². The van der Waals surface area contributed by atoms with Gasteiger partial charge in [0.15, 0.2) is 0 Å². The zero-order chi connectivity index (χ0) is 17.6. The fraction of sp³-hybridized carbons (Fsp3) is 0.105. The molecule has 0 saturated heterocycles. The minimum atomic E-state index is -0.461. The third kappa shape index (κ3) is 3.92. The summed E-state index contributed by atoms with van der Waals surface area (Å²) in [5.74, 6) is -0.829. The lowest BCUT2D eigenvalue weighted by Crippen LogP contribution is -2.15. The third-order valence-corrected chi connectivity index (χ3v) is 4.51. The van der Waals surface area contributed by atoms with Gasteiger partial charge in [-0.15, -0.1) is 11.3 Å². The highest BCUT2D eigenvalue weighted by Crippen LogP contribution is 2.36. The Morgan fingerprint density at radius 1 is 1.12 bits per heavy atom. The summed E-state index contributed by atoms with van der Waals surface area (Å²) in [4.78, 5) is 29.5. The second-order valence-electron chi connectivity index (χ2n) is 5.11. The molecular formula is C19H16N2O3S. The fourth-order valence-corrected chi connectivity index (χ4v) is 3.30. The molecule has 1 aromatic carbocycles. The first-order valence-corrected chi connectivity index (χ1v) is 8.59. The Bertz CT molecular complexity index is 876. The summed E-state index contributed by atoms with van der Waals surface area (Å²) in [6, 6.07) is 16.5. The van der Waals surface area contributed by atoms with E-state index in [1.807, 2.05) is 30.3 Å². The van der Waals surface area contributed by atoms with Crippen molar-refractivity contribution < 1.29 is 14.3 Å². The van der Waals surface area contributed by atoms with E-state index in [0.29, 0.717) is 10.6 Å². The molecule has 1 amide bonds. The zero-order valence-corrected chi connectivity index (χ0v) is 14.4. The van der Waals surface area contributed by atoms with E-state index in [9.17, 15) is 9.59 Å². The second kappa shape index (κ2) is 7.72. The van der Waals surface area contributed by atoms with E-state index in [2.05, 4.69) is 10.3 Å². The van der Waals surface area contributed by atoms with Gasteiger partial charge in [0.05, 0.1) is 12.2 Å². The summed E-state index contributed by atoms with van der Waals surface area (Å²) in [5, 5.41) is 3.22. The maximum Gasteiger partial charge on any atom is 0.341 e. The summed E-state index contributed by atoms with van der Waals surface area (Å²) >= 11 is 1.33. The summed E-state index contributed by atoms with van der Waals surface area (Å²) in [7, 11) is 0. The van der Waals surface area contributed by atoms with E-state index in [1.165, 1.54) is 11.3 Å². The molecule has 126 valence electrons. The number of aromatic nitrogens is 1. The van der Waals surface area contributed by atoms with Gasteiger partial charge < -0.3 is 10.1 Å². The van der Waals surface area contributed by atoms with Gasteiger partial charge in [-0.2, -0.15) is 0 Å². The molecule has 0 spiro atoms. The van der Waals surface area contributed by atoms with E-state index in [1.54, 1.807) is 37.4 Å². The van der Waals surface area contributed by atoms with Gasteiger partial charge in [0.25, 0.3) is 5.91 Å². The summed E-state index contributed by atoms with van der Waals surface area (Å²) in [5.41, 5.74) is 1.60. The molecule has 0 aliphatic rings. The quantitative estimate of drug-likeness (QED) is 0.698. The topological polar surface area (TPSA) is 68.3 Å². The molecule has 2 heterocycles. The normalized spacial score (nSPS) is 10.3. The number of carbonyl (C=O) groups is 2. The number of benzene rings is 1. The van der Waals surface area contributed by atoms with Crippen molar-refractivity contribution in [1.29, 1.82) is 0 Å². The summed E-state index contributed by atoms with van der Waals surface area (Å²) < 4.78 is 5.11. The van der Waals surface area contributed by atoms with Gasteiger partial charge in [0, 0.05) is 11.1 Å². The number of nitrogens with zero attached hydrogens (tertiary/aromatic N) is 1. The molecule has 25 heavy (non-hydrogen) atoms. The Kier molecular flexibility index (Phi) is 5.20. The number of thiophene rings is 1. The SMILES string of the molecule is CCOC(=O)c1cc(-c2ccccc2)sc1NC(=O)c1ccccn1. The molecule has 0 aliphatic heterocycles. The lowest BCUT2D eigenvalue weighted by Gasteiger charge is -2.05. The van der Waals surface area contributed by atoms with E-state index < -0.39 is 5.97 Å². The first-order chi connectivity index (χ1) is 12.2. The molecule has 3 aromatic rings. The van der Waals surface area contributed by atoms with Crippen LogP contribution in [0.15, 0.2) is 60.8 Å². The molecule has 3 rings (SSSR count). The number of anilines is 1. The fourth-order valence-electron chi connectivity index (χ4n) is 2.25. The largest absolute Gasteiger partial charge is 0.462 e. The number of pyridine rings is 1. The van der Waals surface area contributed by atoms with Crippen LogP contribution in [0.4, 0.5) is 5.00 Å². The average molecular weight is 352 g/mol. The Hall–Kier alpha value is -2.99. The number of amides is 1. The van der Waals surface area contributed by atoms with Gasteiger partial charge in [-0.1, -0.05) is 36.4 Å². The van der Waals surface area contributed by atoms with Crippen molar-refractivity contribution in [1.82, 2.24) is 4.98 Å². The van der Waals surface area contributed by atoms with Crippen LogP contribution >= 0.6 is 11.3 Å². The Morgan fingerprint density at radius 2 is 1.88 bits per heavy atom. The Morgan fingerprint density at radius 3 is 2.56 bits per heavy atom. The van der Waals surface area contributed by atoms with Crippen LogP contribution < -0.4 is 5.32 Å². The van der Waals surface area contributed by atoms with E-state index in [0.717, 1.165) is 10.4 Å².